The first kappa shape index (κ1) is 18.1. The molecule has 1 atom stereocenters. The molecule has 0 saturated heterocycles. The van der Waals surface area contributed by atoms with Gasteiger partial charge >= 0.3 is 5.82 Å². The molecule has 2 aromatic heterocycles. The Morgan fingerprint density at radius 2 is 2.08 bits per heavy atom. The number of amides is 2. The Labute approximate surface area is 143 Å². The number of hydrogen-bond donors (Lipinski definition) is 2. The minimum atomic E-state index is -0.809. The SMILES string of the molecule is CCn1cc(NC(=O)C(C)n2nc([N+](=O)[O-])cc2C)c(C(=O)NC)n1. The highest BCUT2D eigenvalue weighted by atomic mass is 16.6. The van der Waals surface area contributed by atoms with Crippen molar-refractivity contribution in [3.63, 3.8) is 0 Å². The normalized spacial score (nSPS) is 11.8. The van der Waals surface area contributed by atoms with Gasteiger partial charge in [0.15, 0.2) is 5.69 Å². The summed E-state index contributed by atoms with van der Waals surface area (Å²) >= 11 is 0. The van der Waals surface area contributed by atoms with Crippen molar-refractivity contribution < 1.29 is 14.5 Å². The molecule has 0 radical (unpaired) electrons. The van der Waals surface area contributed by atoms with E-state index in [1.54, 1.807) is 20.0 Å². The number of rotatable bonds is 6. The lowest BCUT2D eigenvalue weighted by Crippen LogP contribution is -2.27. The Morgan fingerprint density at radius 1 is 1.40 bits per heavy atom. The fraction of sp³-hybridized carbons (Fsp3) is 0.429. The summed E-state index contributed by atoms with van der Waals surface area (Å²) in [6.45, 7) is 5.55. The fourth-order valence-corrected chi connectivity index (χ4v) is 2.26. The minimum absolute atomic E-state index is 0.0908. The maximum atomic E-state index is 12.5. The Bertz CT molecular complexity index is 823. The Kier molecular flexibility index (Phi) is 5.15. The second-order valence-electron chi connectivity index (χ2n) is 5.34. The van der Waals surface area contributed by atoms with Crippen LogP contribution in [0, 0.1) is 17.0 Å². The van der Waals surface area contributed by atoms with E-state index < -0.39 is 22.8 Å². The van der Waals surface area contributed by atoms with E-state index in [-0.39, 0.29) is 17.2 Å². The van der Waals surface area contributed by atoms with E-state index in [0.717, 1.165) is 0 Å². The summed E-state index contributed by atoms with van der Waals surface area (Å²) < 4.78 is 2.78. The average molecular weight is 349 g/mol. The van der Waals surface area contributed by atoms with E-state index in [1.165, 1.54) is 22.5 Å². The minimum Gasteiger partial charge on any atom is -0.358 e. The molecular formula is C14H19N7O4. The van der Waals surface area contributed by atoms with Gasteiger partial charge in [0.2, 0.25) is 0 Å². The summed E-state index contributed by atoms with van der Waals surface area (Å²) in [5.74, 6) is -1.23. The molecule has 0 aromatic carbocycles. The van der Waals surface area contributed by atoms with Gasteiger partial charge in [0.1, 0.15) is 6.04 Å². The van der Waals surface area contributed by atoms with Crippen molar-refractivity contribution >= 4 is 23.3 Å². The molecule has 0 saturated carbocycles. The summed E-state index contributed by atoms with van der Waals surface area (Å²) in [6.07, 6.45) is 1.55. The molecule has 2 N–H and O–H groups in total. The largest absolute Gasteiger partial charge is 0.390 e. The molecule has 2 amide bonds. The van der Waals surface area contributed by atoms with Gasteiger partial charge in [0.25, 0.3) is 11.8 Å². The van der Waals surface area contributed by atoms with Crippen LogP contribution >= 0.6 is 0 Å². The van der Waals surface area contributed by atoms with Crippen LogP contribution in [0.2, 0.25) is 0 Å². The van der Waals surface area contributed by atoms with Crippen molar-refractivity contribution in [3.05, 3.63) is 33.8 Å². The lowest BCUT2D eigenvalue weighted by Gasteiger charge is -2.11. The third-order valence-corrected chi connectivity index (χ3v) is 3.63. The number of carbonyl (C=O) groups excluding carboxylic acids is 2. The molecule has 0 aliphatic heterocycles. The Hall–Kier alpha value is -3.24. The topological polar surface area (TPSA) is 137 Å². The number of hydrogen-bond acceptors (Lipinski definition) is 6. The number of carbonyl (C=O) groups is 2. The average Bonchev–Trinajstić information content (AvgIpc) is 3.17. The summed E-state index contributed by atoms with van der Waals surface area (Å²) in [6, 6.07) is 0.477. The van der Waals surface area contributed by atoms with E-state index in [0.29, 0.717) is 12.2 Å². The number of nitrogens with zero attached hydrogens (tertiary/aromatic N) is 5. The predicted molar refractivity (Wildman–Crippen MR) is 88.3 cm³/mol. The van der Waals surface area contributed by atoms with E-state index in [9.17, 15) is 19.7 Å². The third kappa shape index (κ3) is 3.65. The van der Waals surface area contributed by atoms with Crippen LogP contribution in [0.3, 0.4) is 0 Å². The molecule has 2 aromatic rings. The van der Waals surface area contributed by atoms with Crippen molar-refractivity contribution in [1.82, 2.24) is 24.9 Å². The monoisotopic (exact) mass is 349 g/mol. The van der Waals surface area contributed by atoms with E-state index >= 15 is 0 Å². The van der Waals surface area contributed by atoms with Crippen LogP contribution in [-0.4, -0.2) is 43.3 Å². The first-order chi connectivity index (χ1) is 11.8. The zero-order valence-corrected chi connectivity index (χ0v) is 14.3. The second kappa shape index (κ2) is 7.11. The standard InChI is InChI=1S/C14H19N7O4/c1-5-19-7-10(12(18-19)14(23)15-4)16-13(22)9(3)20-8(2)6-11(17-20)21(24)25/h6-7,9H,5H2,1-4H3,(H,15,23)(H,16,22). The fourth-order valence-electron chi connectivity index (χ4n) is 2.26. The molecule has 25 heavy (non-hydrogen) atoms. The van der Waals surface area contributed by atoms with Gasteiger partial charge < -0.3 is 20.7 Å². The van der Waals surface area contributed by atoms with Gasteiger partial charge in [-0.25, -0.2) is 0 Å². The number of aromatic nitrogens is 4. The molecule has 1 unspecified atom stereocenters. The van der Waals surface area contributed by atoms with Crippen LogP contribution in [0.1, 0.15) is 36.1 Å². The van der Waals surface area contributed by atoms with E-state index in [2.05, 4.69) is 20.8 Å². The Morgan fingerprint density at radius 3 is 2.60 bits per heavy atom. The van der Waals surface area contributed by atoms with Crippen molar-refractivity contribution in [2.75, 3.05) is 12.4 Å². The van der Waals surface area contributed by atoms with Crippen molar-refractivity contribution in [2.24, 2.45) is 0 Å². The summed E-state index contributed by atoms with van der Waals surface area (Å²) in [7, 11) is 1.47. The molecule has 0 spiro atoms. The van der Waals surface area contributed by atoms with Crippen LogP contribution < -0.4 is 10.6 Å². The molecular weight excluding hydrogens is 330 g/mol. The molecule has 0 aliphatic rings. The maximum Gasteiger partial charge on any atom is 0.390 e. The first-order valence-electron chi connectivity index (χ1n) is 7.59. The molecule has 11 nitrogen and oxygen atoms in total. The number of aryl methyl sites for hydroxylation is 2. The molecule has 2 heterocycles. The quantitative estimate of drug-likeness (QED) is 0.586. The zero-order valence-electron chi connectivity index (χ0n) is 14.3. The number of nitro groups is 1. The highest BCUT2D eigenvalue weighted by Gasteiger charge is 2.26. The number of nitrogens with one attached hydrogen (secondary N) is 2. The first-order valence-corrected chi connectivity index (χ1v) is 7.59. The summed E-state index contributed by atoms with van der Waals surface area (Å²) in [5.41, 5.74) is 0.829. The van der Waals surface area contributed by atoms with Gasteiger partial charge in [0.05, 0.1) is 22.5 Å². The van der Waals surface area contributed by atoms with Crippen LogP contribution in [0.15, 0.2) is 12.3 Å². The smallest absolute Gasteiger partial charge is 0.358 e. The van der Waals surface area contributed by atoms with Gasteiger partial charge in [-0.15, -0.1) is 0 Å². The van der Waals surface area contributed by atoms with Crippen LogP contribution in [0.5, 0.6) is 0 Å². The summed E-state index contributed by atoms with van der Waals surface area (Å²) in [5, 5.41) is 23.8. The molecule has 0 aliphatic carbocycles. The molecule has 0 fully saturated rings. The van der Waals surface area contributed by atoms with Gasteiger partial charge in [-0.05, 0) is 25.7 Å². The lowest BCUT2D eigenvalue weighted by atomic mass is 10.2. The zero-order chi connectivity index (χ0) is 18.7. The molecule has 11 heteroatoms. The van der Waals surface area contributed by atoms with Gasteiger partial charge in [-0.3, -0.25) is 14.3 Å². The van der Waals surface area contributed by atoms with Crippen molar-refractivity contribution in [3.8, 4) is 0 Å². The summed E-state index contributed by atoms with van der Waals surface area (Å²) in [4.78, 5) is 34.6. The van der Waals surface area contributed by atoms with Crippen molar-refractivity contribution in [1.29, 1.82) is 0 Å². The maximum absolute atomic E-state index is 12.5. The van der Waals surface area contributed by atoms with Crippen LogP contribution in [-0.2, 0) is 11.3 Å². The molecule has 0 bridgehead atoms. The third-order valence-electron chi connectivity index (χ3n) is 3.63. The lowest BCUT2D eigenvalue weighted by molar-refractivity contribution is -0.389. The number of anilines is 1. The second-order valence-corrected chi connectivity index (χ2v) is 5.34. The van der Waals surface area contributed by atoms with E-state index in [4.69, 9.17) is 0 Å². The Balaban J connectivity index is 2.26. The highest BCUT2D eigenvalue weighted by molar-refractivity contribution is 6.02. The molecule has 134 valence electrons. The van der Waals surface area contributed by atoms with Gasteiger partial charge in [-0.1, -0.05) is 0 Å². The highest BCUT2D eigenvalue weighted by Crippen LogP contribution is 2.19. The van der Waals surface area contributed by atoms with Gasteiger partial charge in [0, 0.05) is 19.8 Å². The van der Waals surface area contributed by atoms with E-state index in [1.807, 2.05) is 6.92 Å². The van der Waals surface area contributed by atoms with Crippen LogP contribution in [0.25, 0.3) is 0 Å². The van der Waals surface area contributed by atoms with Crippen molar-refractivity contribution in [2.45, 2.75) is 33.4 Å². The predicted octanol–water partition coefficient (Wildman–Crippen LogP) is 0.875. The van der Waals surface area contributed by atoms with Gasteiger partial charge in [-0.2, -0.15) is 9.78 Å². The molecule has 2 rings (SSSR count). The van der Waals surface area contributed by atoms with Crippen LogP contribution in [0.4, 0.5) is 11.5 Å².